The van der Waals surface area contributed by atoms with Gasteiger partial charge in [0, 0.05) is 19.5 Å². The van der Waals surface area contributed by atoms with E-state index in [1.165, 1.54) is 0 Å². The molecule has 0 unspecified atom stereocenters. The van der Waals surface area contributed by atoms with E-state index in [1.807, 2.05) is 0 Å². The Labute approximate surface area is 81.0 Å². The van der Waals surface area contributed by atoms with Crippen LogP contribution in [0.2, 0.25) is 0 Å². The van der Waals surface area contributed by atoms with E-state index in [0.717, 1.165) is 0 Å². The molecule has 0 saturated heterocycles. The standard InChI is InChI=1S/5ClH.Zn/h5*1H;. The summed E-state index contributed by atoms with van der Waals surface area (Å²) < 4.78 is 0. The molecule has 0 heterocycles. The Bertz CT molecular complexity index is 3.90. The second kappa shape index (κ2) is 60.7. The first-order valence-electron chi connectivity index (χ1n) is 0. The number of rotatable bonds is 0. The number of hydrogen-bond acceptors (Lipinski definition) is 0. The van der Waals surface area contributed by atoms with Gasteiger partial charge < -0.3 is 0 Å². The van der Waals surface area contributed by atoms with E-state index in [4.69, 9.17) is 0 Å². The van der Waals surface area contributed by atoms with Crippen molar-refractivity contribution >= 4 is 62.0 Å². The second-order valence-corrected chi connectivity index (χ2v) is 0. The second-order valence-electron chi connectivity index (χ2n) is 0. The Morgan fingerprint density at radius 1 is 0.333 bits per heavy atom. The van der Waals surface area contributed by atoms with Crippen molar-refractivity contribution in [2.75, 3.05) is 0 Å². The van der Waals surface area contributed by atoms with Gasteiger partial charge in [-0.1, -0.05) is 0 Å². The average molecular weight is 248 g/mol. The van der Waals surface area contributed by atoms with Gasteiger partial charge >= 0.3 is 0 Å². The summed E-state index contributed by atoms with van der Waals surface area (Å²) in [6.45, 7) is 0. The molecule has 6 heteroatoms. The van der Waals surface area contributed by atoms with Crippen molar-refractivity contribution < 1.29 is 19.5 Å². The van der Waals surface area contributed by atoms with Gasteiger partial charge in [0.25, 0.3) is 0 Å². The van der Waals surface area contributed by atoms with Gasteiger partial charge in [-0.25, -0.2) is 0 Å². The van der Waals surface area contributed by atoms with Gasteiger partial charge in [-0.15, -0.1) is 62.0 Å². The molecule has 0 atom stereocenters. The summed E-state index contributed by atoms with van der Waals surface area (Å²) in [4.78, 5) is 0. The van der Waals surface area contributed by atoms with Crippen molar-refractivity contribution in [2.45, 2.75) is 0 Å². The molecule has 0 fully saturated rings. The van der Waals surface area contributed by atoms with Crippen LogP contribution in [0.15, 0.2) is 0 Å². The summed E-state index contributed by atoms with van der Waals surface area (Å²) in [5.74, 6) is 0. The zero-order chi connectivity index (χ0) is 0. The molecule has 6 heavy (non-hydrogen) atoms. The predicted molar refractivity (Wildman–Crippen MR) is 36.2 cm³/mol. The minimum atomic E-state index is 0. The molecule has 0 aromatic carbocycles. The molecule has 0 aliphatic rings. The van der Waals surface area contributed by atoms with E-state index >= 15 is 0 Å². The van der Waals surface area contributed by atoms with Crippen LogP contribution in [0, 0.1) is 0 Å². The maximum atomic E-state index is 0. The monoisotopic (exact) mass is 244 g/mol. The quantitative estimate of drug-likeness (QED) is 0.575. The zero-order valence-electron chi connectivity index (χ0n) is 2.75. The van der Waals surface area contributed by atoms with Crippen molar-refractivity contribution in [1.82, 2.24) is 0 Å². The molecule has 0 aliphatic carbocycles. The Morgan fingerprint density at radius 3 is 0.333 bits per heavy atom. The van der Waals surface area contributed by atoms with Gasteiger partial charge in [-0.3, -0.25) is 0 Å². The Kier molecular flexibility index (Phi) is 950. The van der Waals surface area contributed by atoms with Gasteiger partial charge in [0.15, 0.2) is 0 Å². The summed E-state index contributed by atoms with van der Waals surface area (Å²) >= 11 is 0. The average Bonchev–Trinajstić information content (AvgIpc) is 0. The summed E-state index contributed by atoms with van der Waals surface area (Å²) in [7, 11) is 0. The van der Waals surface area contributed by atoms with E-state index in [-0.39, 0.29) is 81.5 Å². The first kappa shape index (κ1) is 94.0. The molecule has 0 spiro atoms. The van der Waals surface area contributed by atoms with Gasteiger partial charge in [0.05, 0.1) is 0 Å². The van der Waals surface area contributed by atoms with Crippen molar-refractivity contribution in [1.29, 1.82) is 0 Å². The molecule has 0 aromatic heterocycles. The molecule has 42 valence electrons. The fourth-order valence-corrected chi connectivity index (χ4v) is 0. The third-order valence-electron chi connectivity index (χ3n) is 0. The Hall–Kier alpha value is 2.07. The maximum Gasteiger partial charge on any atom is 0 e. The fraction of sp³-hybridized carbons (Fsp3) is 0. The third-order valence-corrected chi connectivity index (χ3v) is 0. The molecule has 0 bridgehead atoms. The van der Waals surface area contributed by atoms with Gasteiger partial charge in [-0.2, -0.15) is 0 Å². The Morgan fingerprint density at radius 2 is 0.333 bits per heavy atom. The minimum absolute atomic E-state index is 0. The summed E-state index contributed by atoms with van der Waals surface area (Å²) in [6.07, 6.45) is 0. The van der Waals surface area contributed by atoms with Crippen molar-refractivity contribution in [3.63, 3.8) is 0 Å². The zero-order valence-corrected chi connectivity index (χ0v) is 9.80. The molecule has 0 nitrogen and oxygen atoms in total. The summed E-state index contributed by atoms with van der Waals surface area (Å²) in [6, 6.07) is 0. The third kappa shape index (κ3) is 36.4. The Balaban J connectivity index is 0. The molecule has 0 N–H and O–H groups in total. The van der Waals surface area contributed by atoms with Crippen LogP contribution in [0.3, 0.4) is 0 Å². The predicted octanol–water partition coefficient (Wildman–Crippen LogP) is 2.11. The maximum absolute atomic E-state index is 0. The smallest absolute Gasteiger partial charge is 0 e. The molecule has 0 rings (SSSR count). The minimum Gasteiger partial charge on any atom is -0.147 e. The van der Waals surface area contributed by atoms with Crippen LogP contribution in [0.1, 0.15) is 0 Å². The molecule has 0 aromatic rings. The fourth-order valence-electron chi connectivity index (χ4n) is 0. The van der Waals surface area contributed by atoms with Gasteiger partial charge in [0.2, 0.25) is 0 Å². The number of halogens is 5. The van der Waals surface area contributed by atoms with Crippen LogP contribution >= 0.6 is 62.0 Å². The van der Waals surface area contributed by atoms with Gasteiger partial charge in [0.1, 0.15) is 0 Å². The van der Waals surface area contributed by atoms with E-state index < -0.39 is 0 Å². The number of hydrogen-bond donors (Lipinski definition) is 0. The first-order chi connectivity index (χ1) is 0. The first-order valence-corrected chi connectivity index (χ1v) is 0. The topological polar surface area (TPSA) is 0 Å². The molecule has 0 aliphatic heterocycles. The summed E-state index contributed by atoms with van der Waals surface area (Å²) in [5.41, 5.74) is 0. The van der Waals surface area contributed by atoms with Crippen LogP contribution in [-0.2, 0) is 19.5 Å². The van der Waals surface area contributed by atoms with Crippen LogP contribution in [-0.4, -0.2) is 0 Å². The van der Waals surface area contributed by atoms with E-state index in [9.17, 15) is 0 Å². The van der Waals surface area contributed by atoms with E-state index in [0.29, 0.717) is 0 Å². The van der Waals surface area contributed by atoms with Crippen LogP contribution < -0.4 is 0 Å². The van der Waals surface area contributed by atoms with Crippen LogP contribution in [0.25, 0.3) is 0 Å². The summed E-state index contributed by atoms with van der Waals surface area (Å²) in [5, 5.41) is 0. The normalized spacial score (nSPS) is 0. The SMILES string of the molecule is Cl.Cl.Cl.Cl.Cl.[Zn]. The van der Waals surface area contributed by atoms with Crippen molar-refractivity contribution in [3.05, 3.63) is 0 Å². The molecule has 0 amide bonds. The van der Waals surface area contributed by atoms with Gasteiger partial charge in [-0.05, 0) is 0 Å². The molecular formula is H5Cl5Zn. The van der Waals surface area contributed by atoms with Crippen molar-refractivity contribution in [2.24, 2.45) is 0 Å². The van der Waals surface area contributed by atoms with Crippen LogP contribution in [0.4, 0.5) is 0 Å². The molecule has 0 saturated carbocycles. The van der Waals surface area contributed by atoms with Crippen molar-refractivity contribution in [3.8, 4) is 0 Å². The van der Waals surface area contributed by atoms with E-state index in [1.54, 1.807) is 0 Å². The molecule has 0 radical (unpaired) electrons. The molecular weight excluding hydrogens is 243 g/mol. The van der Waals surface area contributed by atoms with Crippen LogP contribution in [0.5, 0.6) is 0 Å². The van der Waals surface area contributed by atoms with E-state index in [2.05, 4.69) is 0 Å². The largest absolute Gasteiger partial charge is 0.147 e.